The van der Waals surface area contributed by atoms with Gasteiger partial charge in [-0.05, 0) is 20.8 Å². The topological polar surface area (TPSA) is 93.5 Å². The van der Waals surface area contributed by atoms with Gasteiger partial charge in [-0.15, -0.1) is 0 Å². The molecule has 0 aliphatic carbocycles. The molecule has 1 heterocycles. The molecule has 0 radical (unpaired) electrons. The second-order valence-corrected chi connectivity index (χ2v) is 5.24. The molecule has 7 heteroatoms. The summed E-state index contributed by atoms with van der Waals surface area (Å²) in [6, 6.07) is -1.05. The van der Waals surface area contributed by atoms with E-state index in [9.17, 15) is 9.59 Å². The lowest BCUT2D eigenvalue weighted by Gasteiger charge is -2.22. The van der Waals surface area contributed by atoms with E-state index in [1.807, 2.05) is 0 Å². The first-order chi connectivity index (χ1) is 8.69. The van der Waals surface area contributed by atoms with Gasteiger partial charge in [-0.25, -0.2) is 14.6 Å². The largest absolute Gasteiger partial charge is 0.480 e. The van der Waals surface area contributed by atoms with Crippen molar-refractivity contribution in [2.24, 2.45) is 7.05 Å². The highest BCUT2D eigenvalue weighted by atomic mass is 16.6. The predicted molar refractivity (Wildman–Crippen MR) is 67.7 cm³/mol. The van der Waals surface area contributed by atoms with E-state index in [4.69, 9.17) is 9.84 Å². The summed E-state index contributed by atoms with van der Waals surface area (Å²) in [7, 11) is 1.76. The number of carbonyl (C=O) groups excluding carboxylic acids is 1. The van der Waals surface area contributed by atoms with Gasteiger partial charge in [-0.3, -0.25) is 0 Å². The van der Waals surface area contributed by atoms with E-state index in [1.54, 1.807) is 44.9 Å². The Labute approximate surface area is 111 Å². The monoisotopic (exact) mass is 269 g/mol. The molecular formula is C12H19N3O4. The molecule has 7 nitrogen and oxygen atoms in total. The maximum Gasteiger partial charge on any atom is 0.408 e. The molecule has 0 aliphatic rings. The fraction of sp³-hybridized carbons (Fsp3) is 0.583. The third-order valence-electron chi connectivity index (χ3n) is 2.32. The van der Waals surface area contributed by atoms with Crippen molar-refractivity contribution >= 4 is 12.1 Å². The van der Waals surface area contributed by atoms with Gasteiger partial charge in [0.05, 0.1) is 6.33 Å². The van der Waals surface area contributed by atoms with E-state index in [-0.39, 0.29) is 6.42 Å². The molecular weight excluding hydrogens is 250 g/mol. The van der Waals surface area contributed by atoms with Gasteiger partial charge in [-0.2, -0.15) is 0 Å². The standard InChI is InChI=1S/C12H19N3O4/c1-12(2,3)19-11(18)14-9(10(16)17)5-8-6-13-7-15(8)4/h6-7,9H,5H2,1-4H3,(H,14,18)(H,16,17)/t9-/m0/s1. The van der Waals surface area contributed by atoms with E-state index in [0.29, 0.717) is 5.69 Å². The van der Waals surface area contributed by atoms with E-state index < -0.39 is 23.7 Å². The molecule has 0 aromatic carbocycles. The first-order valence-electron chi connectivity index (χ1n) is 5.86. The minimum atomic E-state index is -1.12. The molecule has 0 aliphatic heterocycles. The van der Waals surface area contributed by atoms with E-state index in [2.05, 4.69) is 10.3 Å². The summed E-state index contributed by atoms with van der Waals surface area (Å²) in [5.74, 6) is -1.12. The average Bonchev–Trinajstić information content (AvgIpc) is 2.60. The average molecular weight is 269 g/mol. The quantitative estimate of drug-likeness (QED) is 0.848. The molecule has 1 atom stereocenters. The van der Waals surface area contributed by atoms with Crippen LogP contribution in [-0.4, -0.2) is 38.4 Å². The fourth-order valence-corrected chi connectivity index (χ4v) is 1.44. The number of imidazole rings is 1. The number of amides is 1. The van der Waals surface area contributed by atoms with Crippen molar-refractivity contribution in [1.82, 2.24) is 14.9 Å². The molecule has 1 rings (SSSR count). The van der Waals surface area contributed by atoms with Crippen LogP contribution >= 0.6 is 0 Å². The van der Waals surface area contributed by atoms with Gasteiger partial charge in [0.15, 0.2) is 0 Å². The third-order valence-corrected chi connectivity index (χ3v) is 2.32. The van der Waals surface area contributed by atoms with E-state index in [1.165, 1.54) is 0 Å². The summed E-state index contributed by atoms with van der Waals surface area (Å²) in [6.07, 6.45) is 2.53. The molecule has 1 amide bonds. The SMILES string of the molecule is Cn1cncc1C[C@H](NC(=O)OC(C)(C)C)C(=O)O. The van der Waals surface area contributed by atoms with Crippen LogP contribution in [0.3, 0.4) is 0 Å². The van der Waals surface area contributed by atoms with Crippen LogP contribution in [0, 0.1) is 0 Å². The molecule has 2 N–H and O–H groups in total. The minimum Gasteiger partial charge on any atom is -0.480 e. The molecule has 0 spiro atoms. The van der Waals surface area contributed by atoms with Gasteiger partial charge in [-0.1, -0.05) is 0 Å². The zero-order chi connectivity index (χ0) is 14.6. The lowest BCUT2D eigenvalue weighted by molar-refractivity contribution is -0.139. The number of rotatable bonds is 4. The Balaban J connectivity index is 2.67. The summed E-state index contributed by atoms with van der Waals surface area (Å²) in [5, 5.41) is 11.4. The highest BCUT2D eigenvalue weighted by Crippen LogP contribution is 2.08. The van der Waals surface area contributed by atoms with Crippen molar-refractivity contribution in [3.8, 4) is 0 Å². The van der Waals surface area contributed by atoms with Crippen molar-refractivity contribution in [2.75, 3.05) is 0 Å². The van der Waals surface area contributed by atoms with Crippen LogP contribution in [0.25, 0.3) is 0 Å². The number of aryl methyl sites for hydroxylation is 1. The molecule has 0 fully saturated rings. The molecule has 106 valence electrons. The molecule has 0 saturated carbocycles. The van der Waals surface area contributed by atoms with E-state index >= 15 is 0 Å². The second-order valence-electron chi connectivity index (χ2n) is 5.24. The molecule has 1 aromatic rings. The van der Waals surface area contributed by atoms with Gasteiger partial charge in [0.2, 0.25) is 0 Å². The molecule has 0 unspecified atom stereocenters. The van der Waals surface area contributed by atoms with Crippen LogP contribution in [-0.2, 0) is 23.0 Å². The number of hydrogen-bond acceptors (Lipinski definition) is 4. The van der Waals surface area contributed by atoms with Crippen molar-refractivity contribution in [1.29, 1.82) is 0 Å². The van der Waals surface area contributed by atoms with Crippen LogP contribution in [0.1, 0.15) is 26.5 Å². The number of carbonyl (C=O) groups is 2. The summed E-state index contributed by atoms with van der Waals surface area (Å²) in [4.78, 5) is 26.6. The Morgan fingerprint density at radius 3 is 2.58 bits per heavy atom. The normalized spacial score (nSPS) is 12.8. The summed E-state index contributed by atoms with van der Waals surface area (Å²) < 4.78 is 6.73. The highest BCUT2D eigenvalue weighted by Gasteiger charge is 2.24. The molecule has 1 aromatic heterocycles. The number of nitrogens with one attached hydrogen (secondary N) is 1. The van der Waals surface area contributed by atoms with Crippen LogP contribution in [0.5, 0.6) is 0 Å². The van der Waals surface area contributed by atoms with Crippen molar-refractivity contribution in [3.63, 3.8) is 0 Å². The fourth-order valence-electron chi connectivity index (χ4n) is 1.44. The van der Waals surface area contributed by atoms with Crippen LogP contribution in [0.15, 0.2) is 12.5 Å². The van der Waals surface area contributed by atoms with Crippen LogP contribution < -0.4 is 5.32 Å². The first-order valence-corrected chi connectivity index (χ1v) is 5.86. The van der Waals surface area contributed by atoms with Crippen LogP contribution in [0.2, 0.25) is 0 Å². The number of ether oxygens (including phenoxy) is 1. The lowest BCUT2D eigenvalue weighted by Crippen LogP contribution is -2.44. The number of carboxylic acids is 1. The Bertz CT molecular complexity index is 462. The summed E-state index contributed by atoms with van der Waals surface area (Å²) >= 11 is 0. The zero-order valence-electron chi connectivity index (χ0n) is 11.5. The van der Waals surface area contributed by atoms with Crippen LogP contribution in [0.4, 0.5) is 4.79 Å². The smallest absolute Gasteiger partial charge is 0.408 e. The van der Waals surface area contributed by atoms with Gasteiger partial charge in [0, 0.05) is 25.4 Å². The van der Waals surface area contributed by atoms with Crippen molar-refractivity contribution < 1.29 is 19.4 Å². The van der Waals surface area contributed by atoms with Gasteiger partial charge >= 0.3 is 12.1 Å². The maximum absolute atomic E-state index is 11.6. The third kappa shape index (κ3) is 4.99. The number of hydrogen-bond donors (Lipinski definition) is 2. The summed E-state index contributed by atoms with van der Waals surface area (Å²) in [5.41, 5.74) is 0.0445. The Kier molecular flexibility index (Phi) is 4.52. The van der Waals surface area contributed by atoms with Crippen molar-refractivity contribution in [3.05, 3.63) is 18.2 Å². The molecule has 19 heavy (non-hydrogen) atoms. The van der Waals surface area contributed by atoms with Gasteiger partial charge in [0.25, 0.3) is 0 Å². The zero-order valence-corrected chi connectivity index (χ0v) is 11.5. The van der Waals surface area contributed by atoms with Gasteiger partial charge < -0.3 is 19.7 Å². The van der Waals surface area contributed by atoms with Gasteiger partial charge in [0.1, 0.15) is 11.6 Å². The minimum absolute atomic E-state index is 0.144. The maximum atomic E-state index is 11.6. The Hall–Kier alpha value is -2.05. The molecule has 0 bridgehead atoms. The highest BCUT2D eigenvalue weighted by molar-refractivity contribution is 5.80. The second kappa shape index (κ2) is 5.73. The number of alkyl carbamates (subject to hydrolysis) is 1. The number of nitrogens with zero attached hydrogens (tertiary/aromatic N) is 2. The Morgan fingerprint density at radius 2 is 2.16 bits per heavy atom. The number of carboxylic acid groups (broad SMARTS) is 1. The van der Waals surface area contributed by atoms with E-state index in [0.717, 1.165) is 0 Å². The first kappa shape index (κ1) is 15.0. The number of aromatic nitrogens is 2. The predicted octanol–water partition coefficient (Wildman–Crippen LogP) is 0.940. The lowest BCUT2D eigenvalue weighted by atomic mass is 10.1. The van der Waals surface area contributed by atoms with Crippen molar-refractivity contribution in [2.45, 2.75) is 38.8 Å². The Morgan fingerprint density at radius 1 is 1.53 bits per heavy atom. The summed E-state index contributed by atoms with van der Waals surface area (Å²) in [6.45, 7) is 5.14. The number of aliphatic carboxylic acids is 1. The molecule has 0 saturated heterocycles.